The van der Waals surface area contributed by atoms with Crippen molar-refractivity contribution in [2.24, 2.45) is 5.73 Å². The first kappa shape index (κ1) is 17.1. The SMILES string of the molecule is NC1(c2ccc(-c3oc4ncc(CO)nc4c3-c3ccccc3)cc2)CCC1. The lowest BCUT2D eigenvalue weighted by atomic mass is 9.72. The van der Waals surface area contributed by atoms with E-state index in [9.17, 15) is 5.11 Å². The van der Waals surface area contributed by atoms with E-state index in [2.05, 4.69) is 34.2 Å². The first-order valence-corrected chi connectivity index (χ1v) is 9.52. The molecule has 3 N–H and O–H groups in total. The highest BCUT2D eigenvalue weighted by Gasteiger charge is 2.34. The molecule has 28 heavy (non-hydrogen) atoms. The van der Waals surface area contributed by atoms with Crippen LogP contribution in [0.2, 0.25) is 0 Å². The van der Waals surface area contributed by atoms with Gasteiger partial charge in [0, 0.05) is 11.1 Å². The summed E-state index contributed by atoms with van der Waals surface area (Å²) in [7, 11) is 0. The van der Waals surface area contributed by atoms with Gasteiger partial charge in [0.2, 0.25) is 5.71 Å². The van der Waals surface area contributed by atoms with Gasteiger partial charge in [-0.3, -0.25) is 0 Å². The largest absolute Gasteiger partial charge is 0.436 e. The minimum absolute atomic E-state index is 0.162. The predicted molar refractivity (Wildman–Crippen MR) is 108 cm³/mol. The first-order valence-electron chi connectivity index (χ1n) is 9.52. The van der Waals surface area contributed by atoms with Crippen LogP contribution in [-0.2, 0) is 12.1 Å². The van der Waals surface area contributed by atoms with Crippen molar-refractivity contribution in [3.8, 4) is 22.5 Å². The molecule has 1 aliphatic carbocycles. The van der Waals surface area contributed by atoms with Crippen molar-refractivity contribution in [1.82, 2.24) is 9.97 Å². The number of aliphatic hydroxyl groups is 1. The molecule has 0 radical (unpaired) electrons. The molecule has 0 amide bonds. The fraction of sp³-hybridized carbons (Fsp3) is 0.217. The summed E-state index contributed by atoms with van der Waals surface area (Å²) in [5.74, 6) is 0.725. The molecule has 140 valence electrons. The van der Waals surface area contributed by atoms with Crippen LogP contribution in [0.15, 0.2) is 65.2 Å². The third kappa shape index (κ3) is 2.71. The van der Waals surface area contributed by atoms with Crippen LogP contribution in [0, 0.1) is 0 Å². The van der Waals surface area contributed by atoms with Crippen LogP contribution in [0.5, 0.6) is 0 Å². The maximum atomic E-state index is 9.47. The van der Waals surface area contributed by atoms with Gasteiger partial charge >= 0.3 is 0 Å². The van der Waals surface area contributed by atoms with Crippen LogP contribution in [0.1, 0.15) is 30.5 Å². The Morgan fingerprint density at radius 2 is 1.75 bits per heavy atom. The van der Waals surface area contributed by atoms with Crippen molar-refractivity contribution in [2.45, 2.75) is 31.4 Å². The maximum absolute atomic E-state index is 9.47. The highest BCUT2D eigenvalue weighted by molar-refractivity contribution is 5.98. The Kier molecular flexibility index (Phi) is 4.00. The van der Waals surface area contributed by atoms with E-state index in [4.69, 9.17) is 10.2 Å². The number of aromatic nitrogens is 2. The maximum Gasteiger partial charge on any atom is 0.246 e. The van der Waals surface area contributed by atoms with Crippen LogP contribution >= 0.6 is 0 Å². The monoisotopic (exact) mass is 371 g/mol. The smallest absolute Gasteiger partial charge is 0.246 e. The van der Waals surface area contributed by atoms with Crippen molar-refractivity contribution >= 4 is 11.2 Å². The van der Waals surface area contributed by atoms with Gasteiger partial charge in [0.15, 0.2) is 0 Å². The molecule has 0 aliphatic heterocycles. The second-order valence-electron chi connectivity index (χ2n) is 7.43. The van der Waals surface area contributed by atoms with Gasteiger partial charge in [-0.1, -0.05) is 54.6 Å². The van der Waals surface area contributed by atoms with E-state index in [1.165, 1.54) is 12.0 Å². The summed E-state index contributed by atoms with van der Waals surface area (Å²) >= 11 is 0. The lowest BCUT2D eigenvalue weighted by molar-refractivity contribution is 0.253. The molecule has 0 bridgehead atoms. The third-order valence-corrected chi connectivity index (χ3v) is 5.64. The van der Waals surface area contributed by atoms with E-state index >= 15 is 0 Å². The lowest BCUT2D eigenvalue weighted by Gasteiger charge is -2.38. The Morgan fingerprint density at radius 1 is 1.00 bits per heavy atom. The van der Waals surface area contributed by atoms with E-state index in [1.807, 2.05) is 30.3 Å². The second-order valence-corrected chi connectivity index (χ2v) is 7.43. The van der Waals surface area contributed by atoms with Crippen LogP contribution in [0.4, 0.5) is 0 Å². The van der Waals surface area contributed by atoms with Crippen LogP contribution in [0.25, 0.3) is 33.7 Å². The summed E-state index contributed by atoms with van der Waals surface area (Å²) in [6.45, 7) is -0.162. The molecule has 2 heterocycles. The van der Waals surface area contributed by atoms with Crippen molar-refractivity contribution < 1.29 is 9.52 Å². The first-order chi connectivity index (χ1) is 13.7. The molecule has 5 rings (SSSR count). The summed E-state index contributed by atoms with van der Waals surface area (Å²) in [5, 5.41) is 9.47. The Bertz CT molecular complexity index is 1130. The van der Waals surface area contributed by atoms with Crippen LogP contribution in [0.3, 0.4) is 0 Å². The van der Waals surface area contributed by atoms with E-state index in [0.29, 0.717) is 16.9 Å². The molecular formula is C23H21N3O2. The molecule has 1 aliphatic rings. The number of fused-ring (bicyclic) bond motifs is 1. The van der Waals surface area contributed by atoms with E-state index < -0.39 is 0 Å². The number of hydrogen-bond donors (Lipinski definition) is 2. The topological polar surface area (TPSA) is 85.2 Å². The van der Waals surface area contributed by atoms with Crippen molar-refractivity contribution in [2.75, 3.05) is 0 Å². The highest BCUT2D eigenvalue weighted by Crippen LogP contribution is 2.42. The molecule has 0 saturated heterocycles. The highest BCUT2D eigenvalue weighted by atomic mass is 16.3. The van der Waals surface area contributed by atoms with E-state index in [1.54, 1.807) is 6.20 Å². The molecule has 2 aromatic heterocycles. The number of benzene rings is 2. The van der Waals surface area contributed by atoms with Crippen LogP contribution < -0.4 is 5.73 Å². The van der Waals surface area contributed by atoms with Gasteiger partial charge < -0.3 is 15.3 Å². The Morgan fingerprint density at radius 3 is 2.39 bits per heavy atom. The molecule has 1 saturated carbocycles. The summed E-state index contributed by atoms with van der Waals surface area (Å²) in [4.78, 5) is 8.92. The van der Waals surface area contributed by atoms with Gasteiger partial charge in [0.1, 0.15) is 11.3 Å². The lowest BCUT2D eigenvalue weighted by Crippen LogP contribution is -2.43. The standard InChI is InChI=1S/C23H21N3O2/c24-23(11-4-12-23)17-9-7-16(8-10-17)21-19(15-5-2-1-3-6-15)20-22(28-21)25-13-18(14-27)26-20/h1-3,5-10,13,27H,4,11-12,14,24H2. The van der Waals surface area contributed by atoms with Gasteiger partial charge in [-0.2, -0.15) is 0 Å². The summed E-state index contributed by atoms with van der Waals surface area (Å²) < 4.78 is 6.12. The minimum atomic E-state index is -0.187. The van der Waals surface area contributed by atoms with E-state index in [0.717, 1.165) is 35.3 Å². The molecular weight excluding hydrogens is 350 g/mol. The molecule has 0 atom stereocenters. The average Bonchev–Trinajstić information content (AvgIpc) is 3.11. The van der Waals surface area contributed by atoms with Gasteiger partial charge in [-0.25, -0.2) is 9.97 Å². The Balaban J connectivity index is 1.68. The molecule has 1 fully saturated rings. The van der Waals surface area contributed by atoms with Crippen molar-refractivity contribution in [3.63, 3.8) is 0 Å². The zero-order valence-corrected chi connectivity index (χ0v) is 15.4. The molecule has 0 spiro atoms. The average molecular weight is 371 g/mol. The van der Waals surface area contributed by atoms with Crippen LogP contribution in [-0.4, -0.2) is 15.1 Å². The number of furan rings is 1. The molecule has 5 heteroatoms. The minimum Gasteiger partial charge on any atom is -0.436 e. The number of nitrogens with two attached hydrogens (primary N) is 1. The number of hydrogen-bond acceptors (Lipinski definition) is 5. The number of nitrogens with zero attached hydrogens (tertiary/aromatic N) is 2. The van der Waals surface area contributed by atoms with Crippen molar-refractivity contribution in [3.05, 3.63) is 72.1 Å². The quantitative estimate of drug-likeness (QED) is 0.556. The van der Waals surface area contributed by atoms with Gasteiger partial charge in [0.05, 0.1) is 24.1 Å². The third-order valence-electron chi connectivity index (χ3n) is 5.64. The molecule has 2 aromatic carbocycles. The molecule has 0 unspecified atom stereocenters. The predicted octanol–water partition coefficient (Wildman–Crippen LogP) is 4.39. The molecule has 5 nitrogen and oxygen atoms in total. The second kappa shape index (κ2) is 6.55. The summed E-state index contributed by atoms with van der Waals surface area (Å²) in [6.07, 6.45) is 4.79. The molecule has 4 aromatic rings. The zero-order valence-electron chi connectivity index (χ0n) is 15.4. The normalized spacial score (nSPS) is 15.5. The van der Waals surface area contributed by atoms with Crippen molar-refractivity contribution in [1.29, 1.82) is 0 Å². The van der Waals surface area contributed by atoms with Gasteiger partial charge in [-0.05, 0) is 30.4 Å². The zero-order chi connectivity index (χ0) is 19.1. The van der Waals surface area contributed by atoms with Gasteiger partial charge in [-0.15, -0.1) is 0 Å². The Hall–Kier alpha value is -3.02. The van der Waals surface area contributed by atoms with E-state index in [-0.39, 0.29) is 12.1 Å². The number of aliphatic hydroxyl groups excluding tert-OH is 1. The summed E-state index contributed by atoms with van der Waals surface area (Å²) in [5.41, 5.74) is 11.9. The fourth-order valence-corrected chi connectivity index (χ4v) is 3.86. The Labute approximate surface area is 162 Å². The summed E-state index contributed by atoms with van der Waals surface area (Å²) in [6, 6.07) is 18.3. The van der Waals surface area contributed by atoms with Gasteiger partial charge in [0.25, 0.3) is 0 Å². The number of rotatable bonds is 4. The fourth-order valence-electron chi connectivity index (χ4n) is 3.86.